The highest BCUT2D eigenvalue weighted by molar-refractivity contribution is 5.94. The fourth-order valence-electron chi connectivity index (χ4n) is 3.52. The minimum absolute atomic E-state index is 0.0854. The number of imidazole rings is 1. The van der Waals surface area contributed by atoms with Crippen molar-refractivity contribution in [3.05, 3.63) is 72.4 Å². The third-order valence-corrected chi connectivity index (χ3v) is 5.18. The molecule has 0 N–H and O–H groups in total. The van der Waals surface area contributed by atoms with Gasteiger partial charge in [-0.25, -0.2) is 4.98 Å². The average Bonchev–Trinajstić information content (AvgIpc) is 3.19. The standard InChI is InChI=1S/C22H24N4O2/c1-25-16-24-14-21(25)18-4-6-19(7-5-18)22(27)26-11-8-20(9-12-26)28-15-17-3-2-10-23-13-17/h2-7,10,13-14,16,20H,8-9,11-12,15H2,1H3. The van der Waals surface area contributed by atoms with Gasteiger partial charge in [0.1, 0.15) is 0 Å². The predicted molar refractivity (Wildman–Crippen MR) is 107 cm³/mol. The van der Waals surface area contributed by atoms with Crippen LogP contribution in [0.5, 0.6) is 0 Å². The van der Waals surface area contributed by atoms with E-state index in [0.717, 1.165) is 48.3 Å². The number of amides is 1. The zero-order chi connectivity index (χ0) is 19.3. The van der Waals surface area contributed by atoms with Gasteiger partial charge in [-0.2, -0.15) is 0 Å². The minimum Gasteiger partial charge on any atom is -0.373 e. The highest BCUT2D eigenvalue weighted by Gasteiger charge is 2.24. The predicted octanol–water partition coefficient (Wildman–Crippen LogP) is 3.30. The van der Waals surface area contributed by atoms with Crippen molar-refractivity contribution in [1.82, 2.24) is 19.4 Å². The van der Waals surface area contributed by atoms with Crippen molar-refractivity contribution < 1.29 is 9.53 Å². The van der Waals surface area contributed by atoms with E-state index in [2.05, 4.69) is 9.97 Å². The Balaban J connectivity index is 1.31. The van der Waals surface area contributed by atoms with Gasteiger partial charge in [-0.1, -0.05) is 18.2 Å². The van der Waals surface area contributed by atoms with Crippen LogP contribution in [0.25, 0.3) is 11.3 Å². The van der Waals surface area contributed by atoms with Crippen LogP contribution in [0.15, 0.2) is 61.3 Å². The Hall–Kier alpha value is -2.99. The first kappa shape index (κ1) is 18.4. The second kappa shape index (κ2) is 8.35. The first-order valence-corrected chi connectivity index (χ1v) is 9.57. The summed E-state index contributed by atoms with van der Waals surface area (Å²) in [4.78, 5) is 23.0. The summed E-state index contributed by atoms with van der Waals surface area (Å²) in [5, 5.41) is 0. The van der Waals surface area contributed by atoms with E-state index in [1.807, 2.05) is 65.3 Å². The van der Waals surface area contributed by atoms with Crippen LogP contribution in [0.2, 0.25) is 0 Å². The first-order valence-electron chi connectivity index (χ1n) is 9.57. The largest absolute Gasteiger partial charge is 0.373 e. The summed E-state index contributed by atoms with van der Waals surface area (Å²) in [5.74, 6) is 0.0854. The molecule has 0 saturated carbocycles. The molecule has 1 aliphatic heterocycles. The molecule has 0 spiro atoms. The van der Waals surface area contributed by atoms with E-state index in [-0.39, 0.29) is 12.0 Å². The third-order valence-electron chi connectivity index (χ3n) is 5.18. The molecule has 0 radical (unpaired) electrons. The Morgan fingerprint density at radius 1 is 1.11 bits per heavy atom. The Labute approximate surface area is 164 Å². The molecule has 144 valence electrons. The number of nitrogens with zero attached hydrogens (tertiary/aromatic N) is 4. The van der Waals surface area contributed by atoms with Crippen LogP contribution < -0.4 is 0 Å². The van der Waals surface area contributed by atoms with E-state index in [1.54, 1.807) is 12.5 Å². The zero-order valence-electron chi connectivity index (χ0n) is 16.0. The third kappa shape index (κ3) is 4.12. The number of benzene rings is 1. The van der Waals surface area contributed by atoms with Crippen LogP contribution in [0, 0.1) is 0 Å². The number of pyridine rings is 1. The lowest BCUT2D eigenvalue weighted by atomic mass is 10.0. The van der Waals surface area contributed by atoms with Gasteiger partial charge in [0.2, 0.25) is 0 Å². The molecule has 3 aromatic rings. The first-order chi connectivity index (χ1) is 13.7. The molecule has 4 rings (SSSR count). The fourth-order valence-corrected chi connectivity index (χ4v) is 3.52. The van der Waals surface area contributed by atoms with Crippen LogP contribution in [-0.4, -0.2) is 44.5 Å². The van der Waals surface area contributed by atoms with E-state index >= 15 is 0 Å². The van der Waals surface area contributed by atoms with Crippen molar-refractivity contribution in [1.29, 1.82) is 0 Å². The summed E-state index contributed by atoms with van der Waals surface area (Å²) in [7, 11) is 1.96. The van der Waals surface area contributed by atoms with Crippen molar-refractivity contribution in [3.8, 4) is 11.3 Å². The highest BCUT2D eigenvalue weighted by Crippen LogP contribution is 2.21. The monoisotopic (exact) mass is 376 g/mol. The van der Waals surface area contributed by atoms with Gasteiger partial charge in [-0.05, 0) is 42.2 Å². The maximum Gasteiger partial charge on any atom is 0.253 e. The molecule has 3 heterocycles. The molecular formula is C22H24N4O2. The molecule has 28 heavy (non-hydrogen) atoms. The maximum atomic E-state index is 12.8. The summed E-state index contributed by atoms with van der Waals surface area (Å²) in [6.07, 6.45) is 9.10. The number of carbonyl (C=O) groups excluding carboxylic acids is 1. The van der Waals surface area contributed by atoms with Crippen molar-refractivity contribution in [2.75, 3.05) is 13.1 Å². The summed E-state index contributed by atoms with van der Waals surface area (Å²) in [6, 6.07) is 11.7. The second-order valence-corrected chi connectivity index (χ2v) is 7.13. The van der Waals surface area contributed by atoms with Crippen LogP contribution in [0.1, 0.15) is 28.8 Å². The molecule has 0 bridgehead atoms. The normalized spacial score (nSPS) is 15.0. The molecule has 2 aromatic heterocycles. The van der Waals surface area contributed by atoms with Gasteiger partial charge >= 0.3 is 0 Å². The Morgan fingerprint density at radius 2 is 1.89 bits per heavy atom. The van der Waals surface area contributed by atoms with Gasteiger partial charge < -0.3 is 14.2 Å². The van der Waals surface area contributed by atoms with Crippen molar-refractivity contribution in [3.63, 3.8) is 0 Å². The Kier molecular flexibility index (Phi) is 5.48. The lowest BCUT2D eigenvalue weighted by Crippen LogP contribution is -2.40. The number of ether oxygens (including phenoxy) is 1. The van der Waals surface area contributed by atoms with Crippen molar-refractivity contribution >= 4 is 5.91 Å². The van der Waals surface area contributed by atoms with Gasteiger partial charge in [0, 0.05) is 38.1 Å². The lowest BCUT2D eigenvalue weighted by molar-refractivity contribution is -0.000467. The molecule has 1 aromatic carbocycles. The summed E-state index contributed by atoms with van der Waals surface area (Å²) < 4.78 is 7.95. The number of aryl methyl sites for hydroxylation is 1. The number of hydrogen-bond acceptors (Lipinski definition) is 4. The Morgan fingerprint density at radius 3 is 2.54 bits per heavy atom. The van der Waals surface area contributed by atoms with Gasteiger partial charge in [-0.15, -0.1) is 0 Å². The van der Waals surface area contributed by atoms with E-state index in [0.29, 0.717) is 6.61 Å². The van der Waals surface area contributed by atoms with Crippen LogP contribution in [0.4, 0.5) is 0 Å². The van der Waals surface area contributed by atoms with Crippen LogP contribution in [0.3, 0.4) is 0 Å². The average molecular weight is 376 g/mol. The smallest absolute Gasteiger partial charge is 0.253 e. The summed E-state index contributed by atoms with van der Waals surface area (Å²) >= 11 is 0. The molecule has 1 amide bonds. The molecule has 0 aliphatic carbocycles. The van der Waals surface area contributed by atoms with Crippen LogP contribution in [-0.2, 0) is 18.4 Å². The number of aromatic nitrogens is 3. The lowest BCUT2D eigenvalue weighted by Gasteiger charge is -2.32. The molecule has 0 atom stereocenters. The topological polar surface area (TPSA) is 60.2 Å². The van der Waals surface area contributed by atoms with Crippen molar-refractivity contribution in [2.45, 2.75) is 25.6 Å². The van der Waals surface area contributed by atoms with Crippen LogP contribution >= 0.6 is 0 Å². The Bertz CT molecular complexity index is 913. The molecule has 6 heteroatoms. The number of piperidine rings is 1. The van der Waals surface area contributed by atoms with E-state index in [4.69, 9.17) is 4.74 Å². The molecular weight excluding hydrogens is 352 g/mol. The number of carbonyl (C=O) groups is 1. The molecule has 1 fully saturated rings. The SMILES string of the molecule is Cn1cncc1-c1ccc(C(=O)N2CCC(OCc3cccnc3)CC2)cc1. The van der Waals surface area contributed by atoms with Crippen molar-refractivity contribution in [2.24, 2.45) is 7.05 Å². The maximum absolute atomic E-state index is 12.8. The zero-order valence-corrected chi connectivity index (χ0v) is 16.0. The minimum atomic E-state index is 0.0854. The van der Waals surface area contributed by atoms with E-state index < -0.39 is 0 Å². The number of hydrogen-bond donors (Lipinski definition) is 0. The molecule has 1 aliphatic rings. The molecule has 6 nitrogen and oxygen atoms in total. The highest BCUT2D eigenvalue weighted by atomic mass is 16.5. The van der Waals surface area contributed by atoms with E-state index in [1.165, 1.54) is 0 Å². The summed E-state index contributed by atoms with van der Waals surface area (Å²) in [5.41, 5.74) is 3.89. The van der Waals surface area contributed by atoms with Gasteiger partial charge in [0.25, 0.3) is 5.91 Å². The number of rotatable bonds is 5. The molecule has 0 unspecified atom stereocenters. The fraction of sp³-hybridized carbons (Fsp3) is 0.318. The van der Waals surface area contributed by atoms with Gasteiger partial charge in [-0.3, -0.25) is 9.78 Å². The van der Waals surface area contributed by atoms with E-state index in [9.17, 15) is 4.79 Å². The molecule has 1 saturated heterocycles. The van der Waals surface area contributed by atoms with Gasteiger partial charge in [0.05, 0.1) is 30.9 Å². The summed E-state index contributed by atoms with van der Waals surface area (Å²) in [6.45, 7) is 2.02. The quantitative estimate of drug-likeness (QED) is 0.685. The van der Waals surface area contributed by atoms with Gasteiger partial charge in [0.15, 0.2) is 0 Å². The number of likely N-dealkylation sites (tertiary alicyclic amines) is 1. The second-order valence-electron chi connectivity index (χ2n) is 7.13.